The molecule has 0 saturated heterocycles. The number of pyridine rings is 3. The van der Waals surface area contributed by atoms with Crippen LogP contribution in [0, 0.1) is 0 Å². The van der Waals surface area contributed by atoms with E-state index >= 15 is 0 Å². The average molecular weight is 1040 g/mol. The van der Waals surface area contributed by atoms with E-state index in [4.69, 9.17) is 15.0 Å². The highest BCUT2D eigenvalue weighted by molar-refractivity contribution is 6.04. The van der Waals surface area contributed by atoms with Gasteiger partial charge in [0.15, 0.2) is 0 Å². The Labute approximate surface area is 474 Å². The molecule has 0 unspecified atom stereocenters. The third-order valence-corrected chi connectivity index (χ3v) is 16.4. The van der Waals surface area contributed by atoms with Crippen molar-refractivity contribution in [3.63, 3.8) is 0 Å². The van der Waals surface area contributed by atoms with Crippen LogP contribution in [-0.4, -0.2) is 23.8 Å². The molecule has 0 saturated carbocycles. The van der Waals surface area contributed by atoms with E-state index in [1.807, 2.05) is 12.3 Å². The van der Waals surface area contributed by atoms with E-state index in [-0.39, 0.29) is 0 Å². The number of hydrogen-bond donors (Lipinski definition) is 0. The van der Waals surface area contributed by atoms with Gasteiger partial charge in [-0.25, -0.2) is 9.97 Å². The first-order chi connectivity index (χ1) is 40.6. The van der Waals surface area contributed by atoms with Gasteiger partial charge in [-0.05, 0) is 185 Å². The SMILES string of the molecule is c1ccc(-c2ccc(-c3cc(-c4ccccn4)ccc3-c3ccccc3-c3cc(-c4ccccc4-c4ccc5c(ccn6c7ccccc7nc56)c4)cc(-c4ccccc4-c4ccc5c(ccn6c7ccccc7nc56)c4)c3)cc2)cc1. The molecule has 11 aromatic carbocycles. The molecule has 5 nitrogen and oxygen atoms in total. The van der Waals surface area contributed by atoms with Gasteiger partial charge in [0.05, 0.1) is 27.8 Å². The molecular weight excluding hydrogens is 995 g/mol. The summed E-state index contributed by atoms with van der Waals surface area (Å²) >= 11 is 0. The van der Waals surface area contributed by atoms with E-state index in [0.29, 0.717) is 0 Å². The van der Waals surface area contributed by atoms with Gasteiger partial charge in [0.25, 0.3) is 0 Å². The summed E-state index contributed by atoms with van der Waals surface area (Å²) in [4.78, 5) is 15.0. The first kappa shape index (κ1) is 47.0. The quantitative estimate of drug-likeness (QED) is 0.145. The summed E-state index contributed by atoms with van der Waals surface area (Å²) in [7, 11) is 0. The molecule has 0 bridgehead atoms. The van der Waals surface area contributed by atoms with Crippen LogP contribution in [0.5, 0.6) is 0 Å². The molecule has 5 heterocycles. The highest BCUT2D eigenvalue weighted by Gasteiger charge is 2.20. The zero-order valence-electron chi connectivity index (χ0n) is 44.5. The van der Waals surface area contributed by atoms with Crippen molar-refractivity contribution in [2.45, 2.75) is 0 Å². The minimum Gasteiger partial charge on any atom is -0.299 e. The fraction of sp³-hybridized carbons (Fsp3) is 0. The summed E-state index contributed by atoms with van der Waals surface area (Å²) < 4.78 is 4.40. The minimum absolute atomic E-state index is 0.934. The van der Waals surface area contributed by atoms with Crippen LogP contribution in [0.25, 0.3) is 155 Å². The Morgan fingerprint density at radius 2 is 0.659 bits per heavy atom. The lowest BCUT2D eigenvalue weighted by molar-refractivity contribution is 1.25. The monoisotopic (exact) mass is 1040 g/mol. The topological polar surface area (TPSA) is 47.5 Å². The van der Waals surface area contributed by atoms with E-state index in [2.05, 4.69) is 294 Å². The molecule has 0 atom stereocenters. The molecular formula is C77H49N5. The highest BCUT2D eigenvalue weighted by Crippen LogP contribution is 2.45. The smallest absolute Gasteiger partial charge is 0.145 e. The second-order valence-electron chi connectivity index (χ2n) is 21.2. The van der Waals surface area contributed by atoms with Gasteiger partial charge in [-0.15, -0.1) is 0 Å². The van der Waals surface area contributed by atoms with Gasteiger partial charge in [0.1, 0.15) is 11.3 Å². The number of fused-ring (bicyclic) bond motifs is 10. The summed E-state index contributed by atoms with van der Waals surface area (Å²) in [6.45, 7) is 0. The van der Waals surface area contributed by atoms with Crippen LogP contribution >= 0.6 is 0 Å². The van der Waals surface area contributed by atoms with Crippen LogP contribution in [0.4, 0.5) is 0 Å². The van der Waals surface area contributed by atoms with Gasteiger partial charge in [-0.2, -0.15) is 0 Å². The number of benzene rings is 11. The van der Waals surface area contributed by atoms with E-state index in [1.165, 1.54) is 11.1 Å². The Kier molecular flexibility index (Phi) is 11.1. The van der Waals surface area contributed by atoms with Crippen molar-refractivity contribution < 1.29 is 0 Å². The molecule has 82 heavy (non-hydrogen) atoms. The van der Waals surface area contributed by atoms with Crippen molar-refractivity contribution in [3.8, 4) is 100 Å². The third kappa shape index (κ3) is 8.05. The van der Waals surface area contributed by atoms with Crippen LogP contribution in [0.15, 0.2) is 298 Å². The van der Waals surface area contributed by atoms with Gasteiger partial charge in [0, 0.05) is 34.9 Å². The zero-order chi connectivity index (χ0) is 54.1. The maximum atomic E-state index is 5.09. The molecule has 0 fully saturated rings. The maximum Gasteiger partial charge on any atom is 0.145 e. The fourth-order valence-corrected chi connectivity index (χ4v) is 12.4. The lowest BCUT2D eigenvalue weighted by atomic mass is 9.84. The molecule has 16 rings (SSSR count). The zero-order valence-corrected chi connectivity index (χ0v) is 44.5. The number of aromatic nitrogens is 5. The second kappa shape index (κ2) is 19.4. The Hall–Kier alpha value is -11.0. The van der Waals surface area contributed by atoms with Gasteiger partial charge >= 0.3 is 0 Å². The van der Waals surface area contributed by atoms with Gasteiger partial charge in [0.2, 0.25) is 0 Å². The summed E-state index contributed by atoms with van der Waals surface area (Å²) in [6.07, 6.45) is 6.17. The van der Waals surface area contributed by atoms with E-state index in [9.17, 15) is 0 Å². The Morgan fingerprint density at radius 1 is 0.244 bits per heavy atom. The van der Waals surface area contributed by atoms with Crippen molar-refractivity contribution in [1.29, 1.82) is 0 Å². The van der Waals surface area contributed by atoms with Crippen LogP contribution in [-0.2, 0) is 0 Å². The van der Waals surface area contributed by atoms with Crippen LogP contribution in [0.1, 0.15) is 0 Å². The average Bonchev–Trinajstić information content (AvgIpc) is 4.19. The molecule has 5 aromatic heterocycles. The molecule has 0 amide bonds. The van der Waals surface area contributed by atoms with Gasteiger partial charge in [-0.1, -0.05) is 194 Å². The summed E-state index contributed by atoms with van der Waals surface area (Å²) in [5.74, 6) is 0. The molecule has 0 spiro atoms. The second-order valence-corrected chi connectivity index (χ2v) is 21.2. The maximum absolute atomic E-state index is 5.09. The van der Waals surface area contributed by atoms with Crippen LogP contribution in [0.3, 0.4) is 0 Å². The normalized spacial score (nSPS) is 11.7. The first-order valence-corrected chi connectivity index (χ1v) is 27.9. The number of nitrogens with zero attached hydrogens (tertiary/aromatic N) is 5. The number of para-hydroxylation sites is 4. The summed E-state index contributed by atoms with van der Waals surface area (Å²) in [5, 5.41) is 4.52. The van der Waals surface area contributed by atoms with Crippen molar-refractivity contribution >= 4 is 54.9 Å². The lowest BCUT2D eigenvalue weighted by Crippen LogP contribution is -1.94. The predicted octanol–water partition coefficient (Wildman–Crippen LogP) is 20.0. The highest BCUT2D eigenvalue weighted by atomic mass is 15.0. The molecule has 0 aliphatic carbocycles. The predicted molar refractivity (Wildman–Crippen MR) is 341 cm³/mol. The van der Waals surface area contributed by atoms with Crippen molar-refractivity contribution in [1.82, 2.24) is 23.8 Å². The molecule has 0 aliphatic heterocycles. The summed E-state index contributed by atoms with van der Waals surface area (Å²) in [6, 6.07) is 101. The summed E-state index contributed by atoms with van der Waals surface area (Å²) in [5.41, 5.74) is 26.4. The Morgan fingerprint density at radius 3 is 1.20 bits per heavy atom. The molecule has 16 aromatic rings. The Balaban J connectivity index is 0.884. The van der Waals surface area contributed by atoms with Crippen molar-refractivity contribution in [2.24, 2.45) is 0 Å². The molecule has 0 aliphatic rings. The fourth-order valence-electron chi connectivity index (χ4n) is 12.4. The minimum atomic E-state index is 0.934. The van der Waals surface area contributed by atoms with Gasteiger partial charge in [-0.3, -0.25) is 13.8 Å². The Bertz CT molecular complexity index is 4940. The first-order valence-electron chi connectivity index (χ1n) is 27.9. The van der Waals surface area contributed by atoms with Gasteiger partial charge < -0.3 is 0 Å². The van der Waals surface area contributed by atoms with E-state index < -0.39 is 0 Å². The van der Waals surface area contributed by atoms with Crippen LogP contribution in [0.2, 0.25) is 0 Å². The lowest BCUT2D eigenvalue weighted by Gasteiger charge is -2.19. The molecule has 5 heteroatoms. The van der Waals surface area contributed by atoms with Crippen molar-refractivity contribution in [3.05, 3.63) is 298 Å². The number of hydrogen-bond acceptors (Lipinski definition) is 3. The van der Waals surface area contributed by atoms with E-state index in [1.54, 1.807) is 0 Å². The molecule has 0 N–H and O–H groups in total. The molecule has 0 radical (unpaired) electrons. The van der Waals surface area contributed by atoms with E-state index in [0.717, 1.165) is 144 Å². The largest absolute Gasteiger partial charge is 0.299 e. The number of imidazole rings is 2. The van der Waals surface area contributed by atoms with Crippen LogP contribution < -0.4 is 0 Å². The van der Waals surface area contributed by atoms with Crippen molar-refractivity contribution in [2.75, 3.05) is 0 Å². The number of rotatable bonds is 9. The third-order valence-electron chi connectivity index (χ3n) is 16.4. The standard InChI is InChI=1S/C77H49N5/c1-2-16-50(17-3-1)51-29-31-52(32-30-51)70-49-57(71-24-14-15-41-78-71)35-38-69(70)68-23-9-8-22-65(68)60-47-58(63-20-6-4-18-61(63)53-33-36-66-55(44-53)39-42-81-74-27-12-10-25-72(74)79-76(66)81)46-59(48-60)64-21-7-5-19-62(64)54-34-37-67-56(45-54)40-43-82-75-28-13-11-26-73(75)80-77(67)82/h1-49H. The molecule has 382 valence electrons.